The van der Waals surface area contributed by atoms with Gasteiger partial charge in [0.25, 0.3) is 0 Å². The minimum absolute atomic E-state index is 0.437. The van der Waals surface area contributed by atoms with E-state index in [4.69, 9.17) is 5.73 Å². The van der Waals surface area contributed by atoms with E-state index < -0.39 is 0 Å². The molecule has 0 spiro atoms. The zero-order valence-corrected chi connectivity index (χ0v) is 12.3. The Kier molecular flexibility index (Phi) is 3.52. The molecule has 0 saturated carbocycles. The Morgan fingerprint density at radius 1 is 1.05 bits per heavy atom. The van der Waals surface area contributed by atoms with E-state index in [0.29, 0.717) is 22.9 Å². The molecule has 3 N–H and O–H groups in total. The maximum atomic E-state index is 5.70. The number of aromatic nitrogens is 2. The van der Waals surface area contributed by atoms with Crippen LogP contribution >= 0.6 is 15.9 Å². The molecule has 0 atom stereocenters. The van der Waals surface area contributed by atoms with E-state index in [2.05, 4.69) is 61.5 Å². The number of nitrogens with one attached hydrogen (secondary N) is 1. The summed E-state index contributed by atoms with van der Waals surface area (Å²) in [5, 5.41) is 5.65. The SMILES string of the molecule is Nc1cc(Br)nc(NCc2cccc3ccccc23)n1. The van der Waals surface area contributed by atoms with Gasteiger partial charge in [0, 0.05) is 12.6 Å². The minimum Gasteiger partial charge on any atom is -0.383 e. The molecule has 1 aromatic heterocycles. The summed E-state index contributed by atoms with van der Waals surface area (Å²) in [6, 6.07) is 16.2. The van der Waals surface area contributed by atoms with Gasteiger partial charge in [-0.25, -0.2) is 4.98 Å². The second kappa shape index (κ2) is 5.46. The van der Waals surface area contributed by atoms with Gasteiger partial charge in [-0.05, 0) is 32.3 Å². The van der Waals surface area contributed by atoms with Gasteiger partial charge in [-0.15, -0.1) is 0 Å². The molecule has 0 aliphatic heterocycles. The summed E-state index contributed by atoms with van der Waals surface area (Å²) >= 11 is 3.31. The Bertz CT molecular complexity index is 732. The molecule has 4 nitrogen and oxygen atoms in total. The summed E-state index contributed by atoms with van der Waals surface area (Å²) in [5.74, 6) is 0.956. The van der Waals surface area contributed by atoms with Crippen molar-refractivity contribution in [1.29, 1.82) is 0 Å². The lowest BCUT2D eigenvalue weighted by Gasteiger charge is -2.09. The van der Waals surface area contributed by atoms with Crippen LogP contribution in [0.2, 0.25) is 0 Å². The summed E-state index contributed by atoms with van der Waals surface area (Å²) in [7, 11) is 0. The van der Waals surface area contributed by atoms with Crippen molar-refractivity contribution in [1.82, 2.24) is 9.97 Å². The predicted molar refractivity (Wildman–Crippen MR) is 85.4 cm³/mol. The van der Waals surface area contributed by atoms with E-state index in [1.165, 1.54) is 16.3 Å². The molecule has 3 aromatic rings. The zero-order valence-electron chi connectivity index (χ0n) is 10.7. The van der Waals surface area contributed by atoms with Crippen LogP contribution in [0.25, 0.3) is 10.8 Å². The number of nitrogen functional groups attached to an aromatic ring is 1. The van der Waals surface area contributed by atoms with Crippen molar-refractivity contribution in [3.8, 4) is 0 Å². The van der Waals surface area contributed by atoms with Gasteiger partial charge < -0.3 is 11.1 Å². The van der Waals surface area contributed by atoms with Crippen LogP contribution in [0.1, 0.15) is 5.56 Å². The summed E-state index contributed by atoms with van der Waals surface area (Å²) < 4.78 is 0.672. The van der Waals surface area contributed by atoms with Gasteiger partial charge in [0.2, 0.25) is 5.95 Å². The molecule has 0 aliphatic rings. The quantitative estimate of drug-likeness (QED) is 0.721. The van der Waals surface area contributed by atoms with Gasteiger partial charge >= 0.3 is 0 Å². The molecule has 0 aliphatic carbocycles. The molecular weight excluding hydrogens is 316 g/mol. The van der Waals surface area contributed by atoms with E-state index in [1.807, 2.05) is 12.1 Å². The standard InChI is InChI=1S/C15H13BrN4/c16-13-8-14(17)20-15(19-13)18-9-11-6-3-5-10-4-1-2-7-12(10)11/h1-8H,9H2,(H3,17,18,19,20). The van der Waals surface area contributed by atoms with Crippen LogP contribution in [0.5, 0.6) is 0 Å². The van der Waals surface area contributed by atoms with Crippen molar-refractivity contribution < 1.29 is 0 Å². The Hall–Kier alpha value is -2.14. The third-order valence-electron chi connectivity index (χ3n) is 3.03. The predicted octanol–water partition coefficient (Wildman–Crippen LogP) is 3.59. The first-order chi connectivity index (χ1) is 9.72. The fraction of sp³-hybridized carbons (Fsp3) is 0.0667. The lowest BCUT2D eigenvalue weighted by Crippen LogP contribution is -2.05. The molecule has 100 valence electrons. The van der Waals surface area contributed by atoms with Crippen LogP contribution in [0.4, 0.5) is 11.8 Å². The number of hydrogen-bond donors (Lipinski definition) is 2. The van der Waals surface area contributed by atoms with Crippen LogP contribution in [-0.2, 0) is 6.54 Å². The van der Waals surface area contributed by atoms with Crippen molar-refractivity contribution in [2.45, 2.75) is 6.54 Å². The highest BCUT2D eigenvalue weighted by Crippen LogP contribution is 2.19. The van der Waals surface area contributed by atoms with E-state index in [1.54, 1.807) is 6.07 Å². The number of rotatable bonds is 3. The molecule has 0 saturated heterocycles. The van der Waals surface area contributed by atoms with Crippen molar-refractivity contribution in [2.75, 3.05) is 11.1 Å². The third-order valence-corrected chi connectivity index (χ3v) is 3.44. The minimum atomic E-state index is 0.437. The normalized spacial score (nSPS) is 10.7. The van der Waals surface area contributed by atoms with Crippen LogP contribution < -0.4 is 11.1 Å². The Morgan fingerprint density at radius 2 is 1.85 bits per heavy atom. The highest BCUT2D eigenvalue weighted by atomic mass is 79.9. The van der Waals surface area contributed by atoms with Gasteiger partial charge in [-0.1, -0.05) is 42.5 Å². The van der Waals surface area contributed by atoms with Crippen LogP contribution in [-0.4, -0.2) is 9.97 Å². The molecular formula is C15H13BrN4. The number of hydrogen-bond acceptors (Lipinski definition) is 4. The second-order valence-corrected chi connectivity index (χ2v) is 5.24. The average molecular weight is 329 g/mol. The van der Waals surface area contributed by atoms with E-state index >= 15 is 0 Å². The lowest BCUT2D eigenvalue weighted by atomic mass is 10.0. The van der Waals surface area contributed by atoms with Gasteiger partial charge in [-0.2, -0.15) is 4.98 Å². The molecule has 0 bridgehead atoms. The first-order valence-electron chi connectivity index (χ1n) is 6.23. The first kappa shape index (κ1) is 12.9. The number of anilines is 2. The molecule has 0 fully saturated rings. The third kappa shape index (κ3) is 2.72. The fourth-order valence-electron chi connectivity index (χ4n) is 2.14. The largest absolute Gasteiger partial charge is 0.383 e. The van der Waals surface area contributed by atoms with E-state index in [-0.39, 0.29) is 0 Å². The Labute approximate surface area is 125 Å². The number of nitrogens with two attached hydrogens (primary N) is 1. The second-order valence-electron chi connectivity index (χ2n) is 4.43. The maximum Gasteiger partial charge on any atom is 0.225 e. The van der Waals surface area contributed by atoms with Gasteiger partial charge in [-0.3, -0.25) is 0 Å². The summed E-state index contributed by atoms with van der Waals surface area (Å²) in [5.41, 5.74) is 6.90. The van der Waals surface area contributed by atoms with Gasteiger partial charge in [0.05, 0.1) is 0 Å². The topological polar surface area (TPSA) is 63.8 Å². The fourth-order valence-corrected chi connectivity index (χ4v) is 2.54. The average Bonchev–Trinajstić information content (AvgIpc) is 2.44. The monoisotopic (exact) mass is 328 g/mol. The number of nitrogens with zero attached hydrogens (tertiary/aromatic N) is 2. The molecule has 20 heavy (non-hydrogen) atoms. The van der Waals surface area contributed by atoms with Gasteiger partial charge in [0.1, 0.15) is 10.4 Å². The van der Waals surface area contributed by atoms with E-state index in [0.717, 1.165) is 0 Å². The summed E-state index contributed by atoms with van der Waals surface area (Å²) in [6.45, 7) is 0.650. The molecule has 0 radical (unpaired) electrons. The molecule has 0 unspecified atom stereocenters. The number of benzene rings is 2. The highest BCUT2D eigenvalue weighted by molar-refractivity contribution is 9.10. The van der Waals surface area contributed by atoms with Crippen molar-refractivity contribution in [3.05, 3.63) is 58.7 Å². The van der Waals surface area contributed by atoms with Crippen molar-refractivity contribution >= 4 is 38.5 Å². The van der Waals surface area contributed by atoms with Crippen LogP contribution in [0.3, 0.4) is 0 Å². The van der Waals surface area contributed by atoms with Crippen LogP contribution in [0.15, 0.2) is 53.1 Å². The van der Waals surface area contributed by atoms with Crippen molar-refractivity contribution in [2.24, 2.45) is 0 Å². The summed E-state index contributed by atoms with van der Waals surface area (Å²) in [6.07, 6.45) is 0. The summed E-state index contributed by atoms with van der Waals surface area (Å²) in [4.78, 5) is 8.40. The smallest absolute Gasteiger partial charge is 0.225 e. The molecule has 0 amide bonds. The number of fused-ring (bicyclic) bond motifs is 1. The zero-order chi connectivity index (χ0) is 13.9. The number of halogens is 1. The van der Waals surface area contributed by atoms with E-state index in [9.17, 15) is 0 Å². The highest BCUT2D eigenvalue weighted by Gasteiger charge is 2.03. The molecule has 5 heteroatoms. The lowest BCUT2D eigenvalue weighted by molar-refractivity contribution is 1.05. The molecule has 3 rings (SSSR count). The Balaban J connectivity index is 1.87. The van der Waals surface area contributed by atoms with Crippen LogP contribution in [0, 0.1) is 0 Å². The molecule has 2 aromatic carbocycles. The van der Waals surface area contributed by atoms with Gasteiger partial charge in [0.15, 0.2) is 0 Å². The first-order valence-corrected chi connectivity index (χ1v) is 7.02. The Morgan fingerprint density at radius 3 is 2.70 bits per heavy atom. The maximum absolute atomic E-state index is 5.70. The van der Waals surface area contributed by atoms with Crippen molar-refractivity contribution in [3.63, 3.8) is 0 Å². The molecule has 1 heterocycles.